The zero-order valence-corrected chi connectivity index (χ0v) is 10.1. The SMILES string of the molecule is Cc1nn(C)c(Cl)c1Cn1cccc1CO. The van der Waals surface area contributed by atoms with Crippen LogP contribution in [0.3, 0.4) is 0 Å². The zero-order chi connectivity index (χ0) is 11.7. The molecule has 0 unspecified atom stereocenters. The van der Waals surface area contributed by atoms with Crippen molar-refractivity contribution in [3.05, 3.63) is 40.4 Å². The highest BCUT2D eigenvalue weighted by Crippen LogP contribution is 2.20. The van der Waals surface area contributed by atoms with Crippen molar-refractivity contribution >= 4 is 11.6 Å². The van der Waals surface area contributed by atoms with Gasteiger partial charge in [0, 0.05) is 24.5 Å². The van der Waals surface area contributed by atoms with Crippen LogP contribution in [0.25, 0.3) is 0 Å². The van der Waals surface area contributed by atoms with Crippen LogP contribution in [-0.2, 0) is 20.2 Å². The van der Waals surface area contributed by atoms with Gasteiger partial charge in [-0.05, 0) is 19.1 Å². The average Bonchev–Trinajstić information content (AvgIpc) is 2.79. The van der Waals surface area contributed by atoms with Gasteiger partial charge in [-0.25, -0.2) is 0 Å². The number of hydrogen-bond donors (Lipinski definition) is 1. The van der Waals surface area contributed by atoms with Crippen molar-refractivity contribution in [3.8, 4) is 0 Å². The molecule has 0 atom stereocenters. The molecule has 0 saturated heterocycles. The van der Waals surface area contributed by atoms with E-state index in [2.05, 4.69) is 5.10 Å². The summed E-state index contributed by atoms with van der Waals surface area (Å²) in [5, 5.41) is 14.1. The van der Waals surface area contributed by atoms with Crippen LogP contribution >= 0.6 is 11.6 Å². The fourth-order valence-electron chi connectivity index (χ4n) is 1.77. The van der Waals surface area contributed by atoms with Gasteiger partial charge in [-0.1, -0.05) is 11.6 Å². The van der Waals surface area contributed by atoms with Gasteiger partial charge in [-0.15, -0.1) is 0 Å². The summed E-state index contributed by atoms with van der Waals surface area (Å²) in [6.07, 6.45) is 1.92. The molecule has 0 aromatic carbocycles. The molecule has 2 heterocycles. The monoisotopic (exact) mass is 239 g/mol. The maximum absolute atomic E-state index is 9.15. The van der Waals surface area contributed by atoms with Gasteiger partial charge in [0.2, 0.25) is 0 Å². The number of nitrogens with zero attached hydrogens (tertiary/aromatic N) is 3. The van der Waals surface area contributed by atoms with Crippen LogP contribution in [0.4, 0.5) is 0 Å². The third kappa shape index (κ3) is 1.86. The Morgan fingerprint density at radius 1 is 1.50 bits per heavy atom. The predicted octanol–water partition coefficient (Wildman–Crippen LogP) is 1.72. The molecule has 0 spiro atoms. The molecule has 86 valence electrons. The molecule has 4 nitrogen and oxygen atoms in total. The standard InChI is InChI=1S/C11H14ClN3O/c1-8-10(11(12)14(2)13-8)6-15-5-3-4-9(15)7-16/h3-5,16H,6-7H2,1-2H3. The van der Waals surface area contributed by atoms with E-state index in [1.807, 2.05) is 36.9 Å². The Hall–Kier alpha value is -1.26. The topological polar surface area (TPSA) is 43.0 Å². The van der Waals surface area contributed by atoms with Crippen molar-refractivity contribution in [2.45, 2.75) is 20.1 Å². The number of aryl methyl sites for hydroxylation is 2. The van der Waals surface area contributed by atoms with E-state index >= 15 is 0 Å². The molecular formula is C11H14ClN3O. The van der Waals surface area contributed by atoms with Crippen LogP contribution in [0.5, 0.6) is 0 Å². The van der Waals surface area contributed by atoms with E-state index in [0.29, 0.717) is 11.7 Å². The van der Waals surface area contributed by atoms with Crippen molar-refractivity contribution in [1.82, 2.24) is 14.3 Å². The van der Waals surface area contributed by atoms with E-state index < -0.39 is 0 Å². The second kappa shape index (κ2) is 4.31. The fourth-order valence-corrected chi connectivity index (χ4v) is 2.01. The van der Waals surface area contributed by atoms with Gasteiger partial charge < -0.3 is 9.67 Å². The summed E-state index contributed by atoms with van der Waals surface area (Å²) in [5.41, 5.74) is 2.79. The van der Waals surface area contributed by atoms with Gasteiger partial charge in [0.05, 0.1) is 18.8 Å². The molecule has 2 aromatic rings. The highest BCUT2D eigenvalue weighted by atomic mass is 35.5. The number of aliphatic hydroxyl groups excluding tert-OH is 1. The minimum atomic E-state index is 0.0317. The van der Waals surface area contributed by atoms with Gasteiger partial charge in [-0.2, -0.15) is 5.10 Å². The zero-order valence-electron chi connectivity index (χ0n) is 9.31. The van der Waals surface area contributed by atoms with E-state index in [4.69, 9.17) is 16.7 Å². The van der Waals surface area contributed by atoms with Crippen LogP contribution in [0, 0.1) is 6.92 Å². The maximum atomic E-state index is 9.15. The van der Waals surface area contributed by atoms with Crippen LogP contribution in [0.15, 0.2) is 18.3 Å². The van der Waals surface area contributed by atoms with Crippen LogP contribution in [0.2, 0.25) is 5.15 Å². The number of aliphatic hydroxyl groups is 1. The lowest BCUT2D eigenvalue weighted by molar-refractivity contribution is 0.271. The number of aromatic nitrogens is 3. The predicted molar refractivity (Wildman–Crippen MR) is 62.4 cm³/mol. The average molecular weight is 240 g/mol. The largest absolute Gasteiger partial charge is 0.390 e. The number of hydrogen-bond acceptors (Lipinski definition) is 2. The van der Waals surface area contributed by atoms with Crippen LogP contribution < -0.4 is 0 Å². The summed E-state index contributed by atoms with van der Waals surface area (Å²) in [6.45, 7) is 2.61. The molecule has 0 aliphatic heterocycles. The first-order valence-corrected chi connectivity index (χ1v) is 5.44. The van der Waals surface area contributed by atoms with Crippen molar-refractivity contribution in [3.63, 3.8) is 0 Å². The Balaban J connectivity index is 2.34. The molecule has 0 bridgehead atoms. The van der Waals surface area contributed by atoms with Crippen LogP contribution in [0.1, 0.15) is 17.0 Å². The lowest BCUT2D eigenvalue weighted by Crippen LogP contribution is -2.04. The number of rotatable bonds is 3. The van der Waals surface area contributed by atoms with E-state index in [-0.39, 0.29) is 6.61 Å². The summed E-state index contributed by atoms with van der Waals surface area (Å²) in [7, 11) is 1.82. The highest BCUT2D eigenvalue weighted by molar-refractivity contribution is 6.30. The van der Waals surface area contributed by atoms with Crippen molar-refractivity contribution in [1.29, 1.82) is 0 Å². The number of halogens is 1. The van der Waals surface area contributed by atoms with Crippen molar-refractivity contribution in [2.24, 2.45) is 7.05 Å². The third-order valence-electron chi connectivity index (χ3n) is 2.68. The lowest BCUT2D eigenvalue weighted by atomic mass is 10.2. The quantitative estimate of drug-likeness (QED) is 0.887. The molecule has 0 amide bonds. The Labute approximate surface area is 99.1 Å². The first-order valence-electron chi connectivity index (χ1n) is 5.06. The molecule has 0 aliphatic rings. The Morgan fingerprint density at radius 2 is 2.25 bits per heavy atom. The smallest absolute Gasteiger partial charge is 0.131 e. The van der Waals surface area contributed by atoms with Crippen molar-refractivity contribution in [2.75, 3.05) is 0 Å². The van der Waals surface area contributed by atoms with Gasteiger partial charge in [0.15, 0.2) is 0 Å². The van der Waals surface area contributed by atoms with Gasteiger partial charge >= 0.3 is 0 Å². The Kier molecular flexibility index (Phi) is 3.03. The van der Waals surface area contributed by atoms with Crippen LogP contribution in [-0.4, -0.2) is 19.5 Å². The van der Waals surface area contributed by atoms with E-state index in [1.165, 1.54) is 0 Å². The minimum absolute atomic E-state index is 0.0317. The van der Waals surface area contributed by atoms with Gasteiger partial charge in [0.1, 0.15) is 5.15 Å². The van der Waals surface area contributed by atoms with E-state index in [0.717, 1.165) is 17.0 Å². The second-order valence-corrected chi connectivity index (χ2v) is 4.12. The molecule has 0 radical (unpaired) electrons. The summed E-state index contributed by atoms with van der Waals surface area (Å²) in [6, 6.07) is 3.80. The Bertz CT molecular complexity index is 501. The highest BCUT2D eigenvalue weighted by Gasteiger charge is 2.12. The summed E-state index contributed by atoms with van der Waals surface area (Å²) in [5.74, 6) is 0. The van der Waals surface area contributed by atoms with Gasteiger partial charge in [-0.3, -0.25) is 4.68 Å². The molecule has 1 N–H and O–H groups in total. The first kappa shape index (κ1) is 11.2. The lowest BCUT2D eigenvalue weighted by Gasteiger charge is -2.07. The molecule has 2 aromatic heterocycles. The molecule has 2 rings (SSSR count). The first-order chi connectivity index (χ1) is 7.63. The summed E-state index contributed by atoms with van der Waals surface area (Å²) < 4.78 is 3.63. The molecule has 16 heavy (non-hydrogen) atoms. The minimum Gasteiger partial charge on any atom is -0.390 e. The maximum Gasteiger partial charge on any atom is 0.131 e. The molecule has 0 aliphatic carbocycles. The second-order valence-electron chi connectivity index (χ2n) is 3.76. The van der Waals surface area contributed by atoms with Crippen molar-refractivity contribution < 1.29 is 5.11 Å². The molecule has 5 heteroatoms. The molecular weight excluding hydrogens is 226 g/mol. The molecule has 0 fully saturated rings. The Morgan fingerprint density at radius 3 is 2.81 bits per heavy atom. The summed E-state index contributed by atoms with van der Waals surface area (Å²) >= 11 is 6.15. The van der Waals surface area contributed by atoms with Gasteiger partial charge in [0.25, 0.3) is 0 Å². The summed E-state index contributed by atoms with van der Waals surface area (Å²) in [4.78, 5) is 0. The van der Waals surface area contributed by atoms with E-state index in [1.54, 1.807) is 4.68 Å². The molecule has 0 saturated carbocycles. The third-order valence-corrected chi connectivity index (χ3v) is 3.16. The fraction of sp³-hybridized carbons (Fsp3) is 0.364. The normalized spacial score (nSPS) is 11.0. The van der Waals surface area contributed by atoms with E-state index in [9.17, 15) is 0 Å².